The number of piperidine rings is 1. The molecule has 9 heteroatoms. The summed E-state index contributed by atoms with van der Waals surface area (Å²) in [5.74, 6) is 0.262. The van der Waals surface area contributed by atoms with Crippen LogP contribution in [0.4, 0.5) is 0 Å². The van der Waals surface area contributed by atoms with Gasteiger partial charge in [-0.1, -0.05) is 6.92 Å². The van der Waals surface area contributed by atoms with Crippen molar-refractivity contribution in [3.05, 3.63) is 15.9 Å². The fourth-order valence-electron chi connectivity index (χ4n) is 4.08. The molecule has 28 heavy (non-hydrogen) atoms. The minimum absolute atomic E-state index is 0.0764. The monoisotopic (exact) mass is 491 g/mol. The lowest BCUT2D eigenvalue weighted by Gasteiger charge is -2.33. The van der Waals surface area contributed by atoms with Gasteiger partial charge in [0.15, 0.2) is 0 Å². The summed E-state index contributed by atoms with van der Waals surface area (Å²) in [5, 5.41) is 3.07. The summed E-state index contributed by atoms with van der Waals surface area (Å²) in [6, 6.07) is 3.41. The molecular weight excluding hydrogens is 462 g/mol. The van der Waals surface area contributed by atoms with Crippen LogP contribution >= 0.6 is 27.3 Å². The van der Waals surface area contributed by atoms with Crippen LogP contribution in [0.1, 0.15) is 39.0 Å². The van der Waals surface area contributed by atoms with Crippen molar-refractivity contribution >= 4 is 43.2 Å². The van der Waals surface area contributed by atoms with Crippen molar-refractivity contribution in [3.63, 3.8) is 0 Å². The van der Waals surface area contributed by atoms with E-state index in [1.54, 1.807) is 16.4 Å². The largest absolute Gasteiger partial charge is 0.356 e. The van der Waals surface area contributed by atoms with Gasteiger partial charge >= 0.3 is 0 Å². The lowest BCUT2D eigenvalue weighted by molar-refractivity contribution is -0.126. The number of sulfonamides is 1. The lowest BCUT2D eigenvalue weighted by Crippen LogP contribution is -2.42. The number of hydrogen-bond acceptors (Lipinski definition) is 5. The minimum atomic E-state index is -3.42. The number of carbonyl (C=O) groups excluding carboxylic acids is 1. The first kappa shape index (κ1) is 22.2. The van der Waals surface area contributed by atoms with Gasteiger partial charge in [-0.15, -0.1) is 11.3 Å². The number of amides is 1. The molecule has 0 aromatic carbocycles. The molecule has 2 fully saturated rings. The molecule has 2 saturated heterocycles. The van der Waals surface area contributed by atoms with Gasteiger partial charge in [0.1, 0.15) is 4.21 Å². The van der Waals surface area contributed by atoms with Gasteiger partial charge in [-0.2, -0.15) is 4.31 Å². The molecule has 0 unspecified atom stereocenters. The van der Waals surface area contributed by atoms with E-state index < -0.39 is 10.0 Å². The third-order valence-corrected chi connectivity index (χ3v) is 9.90. The van der Waals surface area contributed by atoms with Crippen molar-refractivity contribution in [1.82, 2.24) is 14.5 Å². The van der Waals surface area contributed by atoms with Crippen LogP contribution in [0.3, 0.4) is 0 Å². The SMILES string of the molecule is C[C@H](C(=O)NCCCN1CCCC1)C1CCN(S(=O)(=O)c2ccc(Br)s2)CC1. The molecule has 1 aromatic rings. The van der Waals surface area contributed by atoms with Crippen molar-refractivity contribution < 1.29 is 13.2 Å². The number of likely N-dealkylation sites (tertiary alicyclic amines) is 1. The molecule has 1 N–H and O–H groups in total. The average Bonchev–Trinajstić information content (AvgIpc) is 3.36. The molecule has 2 aliphatic heterocycles. The van der Waals surface area contributed by atoms with E-state index in [0.29, 0.717) is 17.3 Å². The Labute approximate surface area is 180 Å². The normalized spacial score (nSPS) is 21.1. The van der Waals surface area contributed by atoms with Crippen LogP contribution in [0, 0.1) is 11.8 Å². The molecule has 0 aliphatic carbocycles. The van der Waals surface area contributed by atoms with E-state index in [1.165, 1.54) is 37.3 Å². The fourth-order valence-corrected chi connectivity index (χ4v) is 7.71. The Kier molecular flexibility index (Phi) is 7.95. The van der Waals surface area contributed by atoms with Gasteiger partial charge in [-0.25, -0.2) is 8.42 Å². The molecule has 0 spiro atoms. The second-order valence-corrected chi connectivity index (χ2v) is 12.4. The Bertz CT molecular complexity index is 754. The molecule has 0 radical (unpaired) electrons. The Hall–Kier alpha value is -0.480. The van der Waals surface area contributed by atoms with E-state index in [-0.39, 0.29) is 17.7 Å². The van der Waals surface area contributed by atoms with Crippen molar-refractivity contribution in [2.45, 2.75) is 43.2 Å². The first-order valence-corrected chi connectivity index (χ1v) is 13.2. The van der Waals surface area contributed by atoms with E-state index in [9.17, 15) is 13.2 Å². The number of carbonyl (C=O) groups is 1. The van der Waals surface area contributed by atoms with Crippen LogP contribution < -0.4 is 5.32 Å². The predicted octanol–water partition coefficient (Wildman–Crippen LogP) is 3.15. The molecule has 2 aliphatic rings. The first-order valence-electron chi connectivity index (χ1n) is 10.1. The van der Waals surface area contributed by atoms with Gasteiger partial charge in [0.25, 0.3) is 10.0 Å². The Morgan fingerprint density at radius 2 is 1.93 bits per heavy atom. The van der Waals surface area contributed by atoms with Crippen LogP contribution in [0.2, 0.25) is 0 Å². The van der Waals surface area contributed by atoms with Gasteiger partial charge in [0.05, 0.1) is 3.79 Å². The van der Waals surface area contributed by atoms with Crippen molar-refractivity contribution in [2.75, 3.05) is 39.3 Å². The van der Waals surface area contributed by atoms with Gasteiger partial charge in [-0.05, 0) is 85.7 Å². The van der Waals surface area contributed by atoms with Gasteiger partial charge < -0.3 is 10.2 Å². The molecule has 1 aromatic heterocycles. The number of nitrogens with zero attached hydrogens (tertiary/aromatic N) is 2. The average molecular weight is 493 g/mol. The summed E-state index contributed by atoms with van der Waals surface area (Å²) in [6.45, 7) is 7.09. The molecule has 6 nitrogen and oxygen atoms in total. The van der Waals surface area contributed by atoms with E-state index in [4.69, 9.17) is 0 Å². The van der Waals surface area contributed by atoms with E-state index in [2.05, 4.69) is 26.1 Å². The third-order valence-electron chi connectivity index (χ3n) is 5.91. The summed E-state index contributed by atoms with van der Waals surface area (Å²) in [4.78, 5) is 14.9. The highest BCUT2D eigenvalue weighted by Crippen LogP contribution is 2.32. The van der Waals surface area contributed by atoms with E-state index in [1.807, 2.05) is 6.92 Å². The maximum Gasteiger partial charge on any atom is 0.252 e. The van der Waals surface area contributed by atoms with Gasteiger partial charge in [0.2, 0.25) is 5.91 Å². The minimum Gasteiger partial charge on any atom is -0.356 e. The second kappa shape index (κ2) is 10.0. The molecule has 0 bridgehead atoms. The molecular formula is C19H30BrN3O3S2. The highest BCUT2D eigenvalue weighted by molar-refractivity contribution is 9.11. The summed E-state index contributed by atoms with van der Waals surface area (Å²) in [5.41, 5.74) is 0. The first-order chi connectivity index (χ1) is 13.4. The van der Waals surface area contributed by atoms with Crippen LogP contribution in [-0.4, -0.2) is 62.8 Å². The van der Waals surface area contributed by atoms with Crippen molar-refractivity contribution in [3.8, 4) is 0 Å². The summed E-state index contributed by atoms with van der Waals surface area (Å²) in [7, 11) is -3.42. The van der Waals surface area contributed by atoms with Crippen LogP contribution in [-0.2, 0) is 14.8 Å². The molecule has 0 saturated carbocycles. The summed E-state index contributed by atoms with van der Waals surface area (Å²) >= 11 is 4.57. The number of nitrogens with one attached hydrogen (secondary N) is 1. The predicted molar refractivity (Wildman–Crippen MR) is 116 cm³/mol. The van der Waals surface area contributed by atoms with Crippen LogP contribution in [0.15, 0.2) is 20.1 Å². The zero-order valence-electron chi connectivity index (χ0n) is 16.4. The van der Waals surface area contributed by atoms with E-state index >= 15 is 0 Å². The van der Waals surface area contributed by atoms with Gasteiger partial charge in [-0.3, -0.25) is 4.79 Å². The Balaban J connectivity index is 1.41. The van der Waals surface area contributed by atoms with Crippen LogP contribution in [0.5, 0.6) is 0 Å². The topological polar surface area (TPSA) is 69.7 Å². The number of hydrogen-bond donors (Lipinski definition) is 1. The van der Waals surface area contributed by atoms with Gasteiger partial charge in [0, 0.05) is 25.6 Å². The zero-order chi connectivity index (χ0) is 20.1. The third kappa shape index (κ3) is 5.56. The maximum absolute atomic E-state index is 12.7. The van der Waals surface area contributed by atoms with Crippen molar-refractivity contribution in [1.29, 1.82) is 0 Å². The highest BCUT2D eigenvalue weighted by atomic mass is 79.9. The van der Waals surface area contributed by atoms with Crippen LogP contribution in [0.25, 0.3) is 0 Å². The summed E-state index contributed by atoms with van der Waals surface area (Å²) in [6.07, 6.45) is 5.04. The molecule has 1 atom stereocenters. The maximum atomic E-state index is 12.7. The van der Waals surface area contributed by atoms with E-state index in [0.717, 1.165) is 36.1 Å². The Morgan fingerprint density at radius 3 is 2.54 bits per heavy atom. The highest BCUT2D eigenvalue weighted by Gasteiger charge is 2.34. The lowest BCUT2D eigenvalue weighted by atomic mass is 9.85. The summed E-state index contributed by atoms with van der Waals surface area (Å²) < 4.78 is 28.2. The molecule has 158 valence electrons. The zero-order valence-corrected chi connectivity index (χ0v) is 19.6. The Morgan fingerprint density at radius 1 is 1.25 bits per heavy atom. The number of thiophene rings is 1. The van der Waals surface area contributed by atoms with Crippen molar-refractivity contribution in [2.24, 2.45) is 11.8 Å². The quantitative estimate of drug-likeness (QED) is 0.567. The standard InChI is InChI=1S/C19H30BrN3O3S2/c1-15(19(24)21-9-4-12-22-10-2-3-11-22)16-7-13-23(14-8-16)28(25,26)18-6-5-17(20)27-18/h5-6,15-16H,2-4,7-14H2,1H3,(H,21,24)/t15-/m0/s1. The number of rotatable bonds is 8. The molecule has 1 amide bonds. The smallest absolute Gasteiger partial charge is 0.252 e. The molecule has 3 heterocycles. The fraction of sp³-hybridized carbons (Fsp3) is 0.737. The second-order valence-electron chi connectivity index (χ2n) is 7.78. The number of halogens is 1. The molecule has 3 rings (SSSR count).